The maximum Gasteiger partial charge on any atom is 0.243 e. The van der Waals surface area contributed by atoms with E-state index in [1.54, 1.807) is 0 Å². The van der Waals surface area contributed by atoms with Crippen LogP contribution in [0.4, 0.5) is 5.69 Å². The lowest BCUT2D eigenvalue weighted by atomic mass is 10.1. The highest BCUT2D eigenvalue weighted by Gasteiger charge is 2.29. The molecule has 2 heterocycles. The zero-order valence-corrected chi connectivity index (χ0v) is 10.6. The number of anilines is 1. The van der Waals surface area contributed by atoms with Gasteiger partial charge in [-0.05, 0) is 31.6 Å². The maximum atomic E-state index is 12.2. The van der Waals surface area contributed by atoms with Gasteiger partial charge in [0.25, 0.3) is 0 Å². The number of likely N-dealkylation sites (tertiary alicyclic amines) is 1. The van der Waals surface area contributed by atoms with Gasteiger partial charge in [0.2, 0.25) is 5.91 Å². The number of carbonyl (C=O) groups excluding carboxylic acids is 1. The van der Waals surface area contributed by atoms with Crippen molar-refractivity contribution in [2.24, 2.45) is 0 Å². The predicted molar refractivity (Wildman–Crippen MR) is 71.6 cm³/mol. The lowest BCUT2D eigenvalue weighted by Crippen LogP contribution is -2.44. The Kier molecular flexibility index (Phi) is 2.96. The molecule has 0 aromatic heterocycles. The highest BCUT2D eigenvalue weighted by molar-refractivity contribution is 5.87. The van der Waals surface area contributed by atoms with Crippen molar-refractivity contribution in [3.8, 4) is 0 Å². The van der Waals surface area contributed by atoms with Gasteiger partial charge in [0.1, 0.15) is 6.04 Å². The smallest absolute Gasteiger partial charge is 0.243 e. The van der Waals surface area contributed by atoms with Crippen molar-refractivity contribution < 1.29 is 4.79 Å². The van der Waals surface area contributed by atoms with Crippen LogP contribution in [0.5, 0.6) is 0 Å². The van der Waals surface area contributed by atoms with Gasteiger partial charge in [-0.3, -0.25) is 4.79 Å². The quantitative estimate of drug-likeness (QED) is 0.811. The van der Waals surface area contributed by atoms with E-state index in [9.17, 15) is 4.79 Å². The second-order valence-corrected chi connectivity index (χ2v) is 5.31. The third-order valence-corrected chi connectivity index (χ3v) is 3.83. The van der Waals surface area contributed by atoms with Gasteiger partial charge in [-0.15, -0.1) is 0 Å². The summed E-state index contributed by atoms with van der Waals surface area (Å²) in [5, 5.41) is 6.44. The Morgan fingerprint density at radius 3 is 3.00 bits per heavy atom. The molecule has 1 aromatic carbocycles. The Morgan fingerprint density at radius 2 is 2.28 bits per heavy atom. The van der Waals surface area contributed by atoms with Gasteiger partial charge in [-0.2, -0.15) is 0 Å². The van der Waals surface area contributed by atoms with E-state index >= 15 is 0 Å². The van der Waals surface area contributed by atoms with Gasteiger partial charge in [-0.25, -0.2) is 0 Å². The molecular weight excluding hydrogens is 226 g/mol. The van der Waals surface area contributed by atoms with Crippen LogP contribution in [0.1, 0.15) is 12.0 Å². The summed E-state index contributed by atoms with van der Waals surface area (Å²) in [6.07, 6.45) is 1.85. The minimum atomic E-state index is -0.103. The third-order valence-electron chi connectivity index (χ3n) is 3.83. The summed E-state index contributed by atoms with van der Waals surface area (Å²) in [6, 6.07) is 8.34. The summed E-state index contributed by atoms with van der Waals surface area (Å²) in [5.74, 6) is 0.131. The fraction of sp³-hybridized carbons (Fsp3) is 0.500. The normalized spacial score (nSPS) is 26.7. The molecule has 4 heteroatoms. The van der Waals surface area contributed by atoms with Crippen molar-refractivity contribution in [1.29, 1.82) is 0 Å². The van der Waals surface area contributed by atoms with E-state index in [0.29, 0.717) is 6.04 Å². The van der Waals surface area contributed by atoms with Crippen molar-refractivity contribution in [3.63, 3.8) is 0 Å². The van der Waals surface area contributed by atoms with Crippen molar-refractivity contribution in [2.45, 2.75) is 24.9 Å². The molecule has 4 nitrogen and oxygen atoms in total. The highest BCUT2D eigenvalue weighted by atomic mass is 16.2. The Morgan fingerprint density at radius 1 is 1.44 bits per heavy atom. The number of rotatable bonds is 2. The monoisotopic (exact) mass is 245 g/mol. The molecule has 0 bridgehead atoms. The summed E-state index contributed by atoms with van der Waals surface area (Å²) < 4.78 is 0. The fourth-order valence-corrected chi connectivity index (χ4v) is 2.81. The van der Waals surface area contributed by atoms with Crippen LogP contribution < -0.4 is 10.6 Å². The van der Waals surface area contributed by atoms with Gasteiger partial charge < -0.3 is 15.5 Å². The molecule has 0 aliphatic carbocycles. The molecule has 2 aliphatic heterocycles. The molecule has 2 unspecified atom stereocenters. The van der Waals surface area contributed by atoms with E-state index in [2.05, 4.69) is 28.6 Å². The maximum absolute atomic E-state index is 12.2. The van der Waals surface area contributed by atoms with Gasteiger partial charge in [0.15, 0.2) is 0 Å². The van der Waals surface area contributed by atoms with Crippen LogP contribution in [0.15, 0.2) is 24.3 Å². The van der Waals surface area contributed by atoms with E-state index < -0.39 is 0 Å². The van der Waals surface area contributed by atoms with Crippen LogP contribution in [0.2, 0.25) is 0 Å². The van der Waals surface area contributed by atoms with E-state index in [4.69, 9.17) is 0 Å². The number of nitrogens with zero attached hydrogens (tertiary/aromatic N) is 1. The summed E-state index contributed by atoms with van der Waals surface area (Å²) in [4.78, 5) is 14.4. The van der Waals surface area contributed by atoms with Gasteiger partial charge in [-0.1, -0.05) is 18.2 Å². The first-order valence-corrected chi connectivity index (χ1v) is 6.56. The number of likely N-dealkylation sites (N-methyl/N-ethyl adjacent to an activating group) is 1. The second kappa shape index (κ2) is 4.61. The number of nitrogens with one attached hydrogen (secondary N) is 2. The first-order chi connectivity index (χ1) is 8.72. The predicted octanol–water partition coefficient (Wildman–Crippen LogP) is 0.843. The summed E-state index contributed by atoms with van der Waals surface area (Å²) in [5.41, 5.74) is 2.34. The Hall–Kier alpha value is -1.55. The number of hydrogen-bond donors (Lipinski definition) is 2. The molecule has 1 aromatic rings. The number of para-hydroxylation sites is 1. The summed E-state index contributed by atoms with van der Waals surface area (Å²) in [6.45, 7) is 2.04. The molecular formula is C14H19N3O. The molecule has 1 fully saturated rings. The molecule has 18 heavy (non-hydrogen) atoms. The van der Waals surface area contributed by atoms with Crippen LogP contribution in [-0.2, 0) is 11.2 Å². The fourth-order valence-electron chi connectivity index (χ4n) is 2.81. The number of carbonyl (C=O) groups is 1. The van der Waals surface area contributed by atoms with Crippen LogP contribution in [0, 0.1) is 0 Å². The molecule has 0 saturated carbocycles. The van der Waals surface area contributed by atoms with E-state index in [1.807, 2.05) is 18.2 Å². The number of hydrogen-bond acceptors (Lipinski definition) is 3. The van der Waals surface area contributed by atoms with Gasteiger partial charge in [0, 0.05) is 24.7 Å². The van der Waals surface area contributed by atoms with Crippen LogP contribution in [0.3, 0.4) is 0 Å². The average molecular weight is 245 g/mol. The zero-order valence-electron chi connectivity index (χ0n) is 10.6. The first kappa shape index (κ1) is 11.5. The molecule has 1 saturated heterocycles. The number of fused-ring (bicyclic) bond motifs is 1. The van der Waals surface area contributed by atoms with E-state index in [1.165, 1.54) is 5.56 Å². The molecule has 0 spiro atoms. The first-order valence-electron chi connectivity index (χ1n) is 6.56. The second-order valence-electron chi connectivity index (χ2n) is 5.31. The number of benzene rings is 1. The largest absolute Gasteiger partial charge is 0.373 e. The Bertz CT molecular complexity index is 435. The minimum Gasteiger partial charge on any atom is -0.373 e. The Balaban J connectivity index is 1.59. The molecule has 2 atom stereocenters. The summed E-state index contributed by atoms with van der Waals surface area (Å²) >= 11 is 0. The lowest BCUT2D eigenvalue weighted by Gasteiger charge is -2.16. The van der Waals surface area contributed by atoms with Gasteiger partial charge >= 0.3 is 0 Å². The topological polar surface area (TPSA) is 44.4 Å². The molecule has 2 N–H and O–H groups in total. The minimum absolute atomic E-state index is 0.103. The molecule has 2 aliphatic rings. The van der Waals surface area contributed by atoms with Crippen molar-refractivity contribution in [2.75, 3.05) is 25.5 Å². The van der Waals surface area contributed by atoms with Gasteiger partial charge in [0.05, 0.1) is 0 Å². The SMILES string of the molecule is CN1CCC(NC(=O)C2Cc3ccccc3N2)C1. The summed E-state index contributed by atoms with van der Waals surface area (Å²) in [7, 11) is 2.09. The van der Waals surface area contributed by atoms with Crippen molar-refractivity contribution in [1.82, 2.24) is 10.2 Å². The van der Waals surface area contributed by atoms with Crippen LogP contribution in [-0.4, -0.2) is 43.0 Å². The van der Waals surface area contributed by atoms with Crippen molar-refractivity contribution in [3.05, 3.63) is 29.8 Å². The molecule has 96 valence electrons. The van der Waals surface area contributed by atoms with E-state index in [-0.39, 0.29) is 11.9 Å². The third kappa shape index (κ3) is 2.20. The standard InChI is InChI=1S/C14H19N3O/c1-17-7-6-11(9-17)15-14(18)13-8-10-4-2-3-5-12(10)16-13/h2-5,11,13,16H,6-9H2,1H3,(H,15,18). The van der Waals surface area contributed by atoms with Crippen LogP contribution >= 0.6 is 0 Å². The highest BCUT2D eigenvalue weighted by Crippen LogP contribution is 2.25. The van der Waals surface area contributed by atoms with Crippen LogP contribution in [0.25, 0.3) is 0 Å². The molecule has 3 rings (SSSR count). The Labute approximate surface area is 107 Å². The van der Waals surface area contributed by atoms with E-state index in [0.717, 1.165) is 31.6 Å². The molecule has 0 radical (unpaired) electrons. The molecule has 1 amide bonds. The average Bonchev–Trinajstić information content (AvgIpc) is 2.95. The number of amides is 1. The lowest BCUT2D eigenvalue weighted by molar-refractivity contribution is -0.122. The zero-order chi connectivity index (χ0) is 12.5. The van der Waals surface area contributed by atoms with Crippen molar-refractivity contribution >= 4 is 11.6 Å².